The van der Waals surface area contributed by atoms with Crippen LogP contribution >= 0.6 is 0 Å². The van der Waals surface area contributed by atoms with E-state index in [-0.39, 0.29) is 23.8 Å². The van der Waals surface area contributed by atoms with Gasteiger partial charge >= 0.3 is 0 Å². The molecule has 3 aromatic rings. The molecule has 0 spiro atoms. The van der Waals surface area contributed by atoms with Crippen LogP contribution in [0.1, 0.15) is 41.4 Å². The van der Waals surface area contributed by atoms with E-state index in [1.807, 2.05) is 0 Å². The van der Waals surface area contributed by atoms with Crippen LogP contribution < -0.4 is 20.1 Å². The number of sulfonamides is 1. The van der Waals surface area contributed by atoms with Crippen molar-refractivity contribution in [1.29, 1.82) is 0 Å². The van der Waals surface area contributed by atoms with Gasteiger partial charge in [-0.25, -0.2) is 8.42 Å². The lowest BCUT2D eigenvalue weighted by Gasteiger charge is -2.31. The largest absolute Gasteiger partial charge is 0.506 e. The summed E-state index contributed by atoms with van der Waals surface area (Å²) in [6.07, 6.45) is -0.218. The van der Waals surface area contributed by atoms with Crippen molar-refractivity contribution in [1.82, 2.24) is 5.32 Å². The van der Waals surface area contributed by atoms with Crippen molar-refractivity contribution in [2.45, 2.75) is 25.5 Å². The maximum absolute atomic E-state index is 13.6. The Morgan fingerprint density at radius 1 is 1.05 bits per heavy atom. The number of aromatic hydroxyl groups is 1. The maximum Gasteiger partial charge on any atom is 0.249 e. The molecule has 3 rings (SSSR count). The molecule has 0 aliphatic carbocycles. The Morgan fingerprint density at radius 3 is 2.34 bits per heavy atom. The SMILES string of the molecule is COc1ccc([C@](C)(NCC(O)c2ccc(O)c(NS(C)(=O)=O)c2)C(=O)Nc2cccc(C(C)=O)c2)cc1. The number of ether oxygens (including phenoxy) is 1. The van der Waals surface area contributed by atoms with Crippen molar-refractivity contribution in [3.63, 3.8) is 0 Å². The highest BCUT2D eigenvalue weighted by Crippen LogP contribution is 2.30. The summed E-state index contributed by atoms with van der Waals surface area (Å²) in [7, 11) is -2.13. The number of phenolic OH excluding ortho intramolecular Hbond substituents is 1. The van der Waals surface area contributed by atoms with E-state index in [2.05, 4.69) is 15.4 Å². The first kappa shape index (κ1) is 28.6. The number of aliphatic hydroxyl groups excluding tert-OH is 1. The minimum atomic E-state index is -3.66. The number of nitrogens with one attached hydrogen (secondary N) is 3. The van der Waals surface area contributed by atoms with Gasteiger partial charge in [-0.05, 0) is 61.4 Å². The number of carbonyl (C=O) groups is 2. The van der Waals surface area contributed by atoms with E-state index in [1.54, 1.807) is 55.5 Å². The Balaban J connectivity index is 1.89. The monoisotopic (exact) mass is 541 g/mol. The van der Waals surface area contributed by atoms with Crippen molar-refractivity contribution in [3.05, 3.63) is 83.4 Å². The molecule has 202 valence electrons. The Labute approximate surface area is 221 Å². The summed E-state index contributed by atoms with van der Waals surface area (Å²) < 4.78 is 30.6. The van der Waals surface area contributed by atoms with Crippen LogP contribution in [0.2, 0.25) is 0 Å². The fourth-order valence-electron chi connectivity index (χ4n) is 3.77. The van der Waals surface area contributed by atoms with E-state index >= 15 is 0 Å². The summed E-state index contributed by atoms with van der Waals surface area (Å²) >= 11 is 0. The van der Waals surface area contributed by atoms with Gasteiger partial charge in [0.25, 0.3) is 0 Å². The lowest BCUT2D eigenvalue weighted by Crippen LogP contribution is -2.51. The minimum Gasteiger partial charge on any atom is -0.506 e. The Bertz CT molecular complexity index is 1420. The zero-order valence-corrected chi connectivity index (χ0v) is 22.3. The highest BCUT2D eigenvalue weighted by atomic mass is 32.2. The van der Waals surface area contributed by atoms with Crippen LogP contribution in [0.4, 0.5) is 11.4 Å². The molecule has 10 nitrogen and oxygen atoms in total. The molecule has 1 unspecified atom stereocenters. The molecule has 5 N–H and O–H groups in total. The molecular formula is C27H31N3O7S. The summed E-state index contributed by atoms with van der Waals surface area (Å²) in [5.74, 6) is -0.283. The number of hydrogen-bond donors (Lipinski definition) is 5. The van der Waals surface area contributed by atoms with Crippen LogP contribution in [-0.4, -0.2) is 50.2 Å². The minimum absolute atomic E-state index is 0.0786. The number of amides is 1. The number of benzene rings is 3. The third-order valence-corrected chi connectivity index (χ3v) is 6.59. The molecule has 1 amide bonds. The number of phenols is 1. The van der Waals surface area contributed by atoms with Crippen LogP contribution in [-0.2, 0) is 20.4 Å². The third-order valence-electron chi connectivity index (χ3n) is 6.00. The average molecular weight is 542 g/mol. The van der Waals surface area contributed by atoms with Crippen molar-refractivity contribution < 1.29 is 33.0 Å². The molecule has 0 aromatic heterocycles. The van der Waals surface area contributed by atoms with E-state index in [1.165, 1.54) is 32.2 Å². The van der Waals surface area contributed by atoms with Gasteiger partial charge in [-0.3, -0.25) is 19.6 Å². The summed E-state index contributed by atoms with van der Waals surface area (Å²) in [5.41, 5.74) is 0.349. The molecule has 0 radical (unpaired) electrons. The fourth-order valence-corrected chi connectivity index (χ4v) is 4.33. The molecule has 3 aromatic carbocycles. The second-order valence-electron chi connectivity index (χ2n) is 8.99. The van der Waals surface area contributed by atoms with Crippen LogP contribution in [0.3, 0.4) is 0 Å². The average Bonchev–Trinajstić information content (AvgIpc) is 2.87. The van der Waals surface area contributed by atoms with E-state index in [4.69, 9.17) is 4.74 Å². The lowest BCUT2D eigenvalue weighted by atomic mass is 9.90. The number of aliphatic hydroxyl groups is 1. The Kier molecular flexibility index (Phi) is 8.77. The number of anilines is 2. The summed E-state index contributed by atoms with van der Waals surface area (Å²) in [6, 6.07) is 17.5. The standard InChI is InChI=1S/C27H31N3O7S/c1-17(31)18-6-5-7-21(14-18)29-26(34)27(2,20-9-11-22(37-3)12-10-20)28-16-25(33)19-8-13-24(32)23(15-19)30-38(4,35)36/h5-15,25,28,30,32-33H,16H2,1-4H3,(H,29,34)/t25?,27-/m0/s1. The Hall–Kier alpha value is -3.93. The van der Waals surface area contributed by atoms with Gasteiger partial charge in [0.05, 0.1) is 25.2 Å². The van der Waals surface area contributed by atoms with Crippen LogP contribution in [0.5, 0.6) is 11.5 Å². The van der Waals surface area contributed by atoms with Crippen LogP contribution in [0.15, 0.2) is 66.7 Å². The molecule has 0 fully saturated rings. The van der Waals surface area contributed by atoms with Crippen molar-refractivity contribution in [2.24, 2.45) is 0 Å². The molecule has 0 bridgehead atoms. The normalized spacial score (nSPS) is 13.7. The molecule has 11 heteroatoms. The molecule has 2 atom stereocenters. The first-order valence-electron chi connectivity index (χ1n) is 11.6. The van der Waals surface area contributed by atoms with Gasteiger partial charge in [0.2, 0.25) is 15.9 Å². The molecular weight excluding hydrogens is 510 g/mol. The smallest absolute Gasteiger partial charge is 0.249 e. The third kappa shape index (κ3) is 7.09. The van der Waals surface area contributed by atoms with Crippen LogP contribution in [0.25, 0.3) is 0 Å². The highest BCUT2D eigenvalue weighted by Gasteiger charge is 2.36. The maximum atomic E-state index is 13.6. The number of Topliss-reactive ketones (excluding diaryl/α,β-unsaturated/α-hetero) is 1. The summed E-state index contributed by atoms with van der Waals surface area (Å²) in [5, 5.41) is 26.8. The van der Waals surface area contributed by atoms with Gasteiger partial charge in [0, 0.05) is 17.8 Å². The first-order valence-corrected chi connectivity index (χ1v) is 13.5. The summed E-state index contributed by atoms with van der Waals surface area (Å²) in [6.45, 7) is 2.98. The van der Waals surface area contributed by atoms with E-state index in [0.29, 0.717) is 28.1 Å². The second kappa shape index (κ2) is 11.6. The quantitative estimate of drug-likeness (QED) is 0.183. The van der Waals surface area contributed by atoms with Gasteiger partial charge < -0.3 is 20.3 Å². The topological polar surface area (TPSA) is 154 Å². The van der Waals surface area contributed by atoms with Gasteiger partial charge in [0.15, 0.2) is 5.78 Å². The van der Waals surface area contributed by atoms with Gasteiger partial charge in [-0.2, -0.15) is 0 Å². The van der Waals surface area contributed by atoms with Crippen molar-refractivity contribution in [3.8, 4) is 11.5 Å². The van der Waals surface area contributed by atoms with Crippen molar-refractivity contribution >= 4 is 33.1 Å². The molecule has 0 saturated heterocycles. The van der Waals surface area contributed by atoms with E-state index in [9.17, 15) is 28.2 Å². The predicted molar refractivity (Wildman–Crippen MR) is 145 cm³/mol. The number of ketones is 1. The number of hydrogen-bond acceptors (Lipinski definition) is 8. The molecule has 38 heavy (non-hydrogen) atoms. The molecule has 0 aliphatic rings. The Morgan fingerprint density at radius 2 is 1.74 bits per heavy atom. The molecule has 0 heterocycles. The number of rotatable bonds is 11. The van der Waals surface area contributed by atoms with E-state index in [0.717, 1.165) is 6.26 Å². The predicted octanol–water partition coefficient (Wildman–Crippen LogP) is 3.15. The zero-order chi connectivity index (χ0) is 28.1. The van der Waals surface area contributed by atoms with Gasteiger partial charge in [-0.15, -0.1) is 0 Å². The molecule has 0 saturated carbocycles. The number of carbonyl (C=O) groups excluding carboxylic acids is 2. The van der Waals surface area contributed by atoms with Crippen LogP contribution in [0, 0.1) is 0 Å². The van der Waals surface area contributed by atoms with Gasteiger partial charge in [0.1, 0.15) is 17.0 Å². The van der Waals surface area contributed by atoms with Crippen molar-refractivity contribution in [2.75, 3.05) is 29.9 Å². The zero-order valence-electron chi connectivity index (χ0n) is 21.5. The first-order chi connectivity index (χ1) is 17.8. The second-order valence-corrected chi connectivity index (χ2v) is 10.7. The highest BCUT2D eigenvalue weighted by molar-refractivity contribution is 7.92. The molecule has 0 aliphatic heterocycles. The summed E-state index contributed by atoms with van der Waals surface area (Å²) in [4.78, 5) is 25.4. The van der Waals surface area contributed by atoms with Gasteiger partial charge in [-0.1, -0.05) is 30.3 Å². The lowest BCUT2D eigenvalue weighted by molar-refractivity contribution is -0.122. The van der Waals surface area contributed by atoms with E-state index < -0.39 is 27.6 Å². The fraction of sp³-hybridized carbons (Fsp3) is 0.259. The number of methoxy groups -OCH3 is 1.